The van der Waals surface area contributed by atoms with Crippen LogP contribution in [-0.4, -0.2) is 55.0 Å². The van der Waals surface area contributed by atoms with Gasteiger partial charge in [-0.2, -0.15) is 4.80 Å². The highest BCUT2D eigenvalue weighted by molar-refractivity contribution is 6.30. The summed E-state index contributed by atoms with van der Waals surface area (Å²) in [6.45, 7) is 1.01. The molecule has 3 aromatic rings. The van der Waals surface area contributed by atoms with E-state index in [1.807, 2.05) is 0 Å². The number of Topliss-reactive ketones (excluding diaryl/α,β-unsaturated/α-hetero) is 1. The zero-order valence-corrected chi connectivity index (χ0v) is 16.9. The van der Waals surface area contributed by atoms with Gasteiger partial charge in [-0.05, 0) is 66.6 Å². The molecule has 0 spiro atoms. The van der Waals surface area contributed by atoms with Crippen molar-refractivity contribution in [2.24, 2.45) is 5.92 Å². The van der Waals surface area contributed by atoms with Crippen molar-refractivity contribution in [3.63, 3.8) is 0 Å². The maximum atomic E-state index is 12.6. The highest BCUT2D eigenvalue weighted by Crippen LogP contribution is 2.23. The number of halogens is 1. The molecule has 8 nitrogen and oxygen atoms in total. The second-order valence-corrected chi connectivity index (χ2v) is 7.65. The van der Waals surface area contributed by atoms with E-state index >= 15 is 0 Å². The van der Waals surface area contributed by atoms with Crippen LogP contribution in [0.25, 0.3) is 11.4 Å². The number of phenols is 1. The monoisotopic (exact) mass is 425 g/mol. The Hall–Kier alpha value is -3.26. The van der Waals surface area contributed by atoms with Gasteiger partial charge >= 0.3 is 0 Å². The lowest BCUT2D eigenvalue weighted by Crippen LogP contribution is -2.42. The first-order valence-corrected chi connectivity index (χ1v) is 10.0. The van der Waals surface area contributed by atoms with Gasteiger partial charge in [0.2, 0.25) is 11.7 Å². The number of amides is 1. The van der Waals surface area contributed by atoms with E-state index in [0.29, 0.717) is 42.3 Å². The van der Waals surface area contributed by atoms with Crippen LogP contribution >= 0.6 is 11.6 Å². The van der Waals surface area contributed by atoms with Gasteiger partial charge in [-0.25, -0.2) is 0 Å². The summed E-state index contributed by atoms with van der Waals surface area (Å²) in [5, 5.41) is 22.2. The van der Waals surface area contributed by atoms with Crippen molar-refractivity contribution in [1.82, 2.24) is 25.1 Å². The molecule has 4 rings (SSSR count). The summed E-state index contributed by atoms with van der Waals surface area (Å²) < 4.78 is 0. The number of tetrazole rings is 1. The minimum atomic E-state index is -0.125. The van der Waals surface area contributed by atoms with Crippen LogP contribution in [0, 0.1) is 5.92 Å². The molecular weight excluding hydrogens is 406 g/mol. The zero-order valence-electron chi connectivity index (χ0n) is 16.1. The Morgan fingerprint density at radius 2 is 1.70 bits per heavy atom. The molecule has 0 aliphatic carbocycles. The van der Waals surface area contributed by atoms with Gasteiger partial charge in [0.05, 0.1) is 0 Å². The quantitative estimate of drug-likeness (QED) is 0.631. The van der Waals surface area contributed by atoms with E-state index in [-0.39, 0.29) is 29.9 Å². The minimum Gasteiger partial charge on any atom is -0.508 e. The van der Waals surface area contributed by atoms with Crippen LogP contribution < -0.4 is 0 Å². The first-order chi connectivity index (χ1) is 14.5. The summed E-state index contributed by atoms with van der Waals surface area (Å²) in [6.07, 6.45) is 1.21. The van der Waals surface area contributed by atoms with Gasteiger partial charge in [-0.1, -0.05) is 11.6 Å². The highest BCUT2D eigenvalue weighted by Gasteiger charge is 2.28. The van der Waals surface area contributed by atoms with E-state index in [1.165, 1.54) is 16.9 Å². The third-order valence-corrected chi connectivity index (χ3v) is 5.45. The Labute approximate surface area is 178 Å². The Morgan fingerprint density at radius 3 is 2.37 bits per heavy atom. The SMILES string of the molecule is O=C(c1ccc(O)cc1)C1CCN(C(=O)Cn2nnc(-c3ccc(Cl)cc3)n2)CC1. The zero-order chi connectivity index (χ0) is 21.1. The van der Waals surface area contributed by atoms with Crippen molar-refractivity contribution >= 4 is 23.3 Å². The Kier molecular flexibility index (Phi) is 5.76. The number of ketones is 1. The number of rotatable bonds is 5. The van der Waals surface area contributed by atoms with Crippen molar-refractivity contribution in [1.29, 1.82) is 0 Å². The predicted octanol–water partition coefficient (Wildman–Crippen LogP) is 2.82. The molecule has 2 aromatic carbocycles. The van der Waals surface area contributed by atoms with Gasteiger partial charge in [0.25, 0.3) is 0 Å². The van der Waals surface area contributed by atoms with E-state index in [4.69, 9.17) is 11.6 Å². The van der Waals surface area contributed by atoms with Crippen molar-refractivity contribution in [2.75, 3.05) is 13.1 Å². The fourth-order valence-corrected chi connectivity index (χ4v) is 3.62. The van der Waals surface area contributed by atoms with Crippen LogP contribution in [0.2, 0.25) is 5.02 Å². The first-order valence-electron chi connectivity index (χ1n) is 9.64. The largest absolute Gasteiger partial charge is 0.508 e. The number of nitrogens with zero attached hydrogens (tertiary/aromatic N) is 5. The molecule has 1 aliphatic rings. The minimum absolute atomic E-state index is 0.00281. The van der Waals surface area contributed by atoms with Gasteiger partial charge in [0, 0.05) is 35.2 Å². The molecule has 154 valence electrons. The maximum Gasteiger partial charge on any atom is 0.246 e. The summed E-state index contributed by atoms with van der Waals surface area (Å²) in [5.41, 5.74) is 1.35. The topological polar surface area (TPSA) is 101 Å². The molecule has 1 aliphatic heterocycles. The van der Waals surface area contributed by atoms with Gasteiger partial charge in [-0.15, -0.1) is 10.2 Å². The summed E-state index contributed by atoms with van der Waals surface area (Å²) in [4.78, 5) is 28.2. The lowest BCUT2D eigenvalue weighted by atomic mass is 9.89. The average Bonchev–Trinajstić information content (AvgIpc) is 3.23. The number of likely N-dealkylation sites (tertiary alicyclic amines) is 1. The molecule has 0 bridgehead atoms. The third-order valence-electron chi connectivity index (χ3n) is 5.20. The number of aromatic nitrogens is 4. The van der Waals surface area contributed by atoms with Crippen LogP contribution in [-0.2, 0) is 11.3 Å². The highest BCUT2D eigenvalue weighted by atomic mass is 35.5. The van der Waals surface area contributed by atoms with Crippen molar-refractivity contribution in [3.05, 3.63) is 59.1 Å². The normalized spacial score (nSPS) is 14.6. The van der Waals surface area contributed by atoms with Gasteiger partial charge in [-0.3, -0.25) is 9.59 Å². The molecule has 1 N–H and O–H groups in total. The van der Waals surface area contributed by atoms with Crippen LogP contribution in [0.3, 0.4) is 0 Å². The van der Waals surface area contributed by atoms with E-state index in [1.54, 1.807) is 41.3 Å². The number of piperidine rings is 1. The van der Waals surface area contributed by atoms with Gasteiger partial charge in [0.1, 0.15) is 12.3 Å². The van der Waals surface area contributed by atoms with Crippen LogP contribution in [0.5, 0.6) is 5.75 Å². The van der Waals surface area contributed by atoms with Gasteiger partial charge in [0.15, 0.2) is 5.78 Å². The Morgan fingerprint density at radius 1 is 1.03 bits per heavy atom. The van der Waals surface area contributed by atoms with E-state index < -0.39 is 0 Å². The number of aromatic hydroxyl groups is 1. The molecule has 0 unspecified atom stereocenters. The molecule has 9 heteroatoms. The number of carbonyl (C=O) groups is 2. The number of hydrogen-bond acceptors (Lipinski definition) is 6. The lowest BCUT2D eigenvalue weighted by Gasteiger charge is -2.31. The second-order valence-electron chi connectivity index (χ2n) is 7.22. The lowest BCUT2D eigenvalue weighted by molar-refractivity contribution is -0.133. The predicted molar refractivity (Wildman–Crippen MR) is 110 cm³/mol. The van der Waals surface area contributed by atoms with E-state index in [0.717, 1.165) is 5.56 Å². The number of phenolic OH excluding ortho intramolecular Hbond substituents is 1. The Bertz CT molecular complexity index is 1040. The molecule has 0 atom stereocenters. The molecular formula is C21H20ClN5O3. The first kappa shape index (κ1) is 20.0. The molecule has 30 heavy (non-hydrogen) atoms. The van der Waals surface area contributed by atoms with Gasteiger partial charge < -0.3 is 10.0 Å². The molecule has 0 radical (unpaired) electrons. The average molecular weight is 426 g/mol. The molecule has 1 aromatic heterocycles. The van der Waals surface area contributed by atoms with Crippen LogP contribution in [0.15, 0.2) is 48.5 Å². The maximum absolute atomic E-state index is 12.6. The summed E-state index contributed by atoms with van der Waals surface area (Å²) in [6, 6.07) is 13.3. The number of carbonyl (C=O) groups excluding carboxylic acids is 2. The van der Waals surface area contributed by atoms with E-state index in [2.05, 4.69) is 15.4 Å². The molecule has 2 heterocycles. The van der Waals surface area contributed by atoms with Crippen molar-refractivity contribution < 1.29 is 14.7 Å². The third kappa shape index (κ3) is 4.49. The smallest absolute Gasteiger partial charge is 0.246 e. The second kappa shape index (κ2) is 8.62. The van der Waals surface area contributed by atoms with Crippen molar-refractivity contribution in [2.45, 2.75) is 19.4 Å². The molecule has 1 amide bonds. The number of hydrogen-bond donors (Lipinski definition) is 1. The van der Waals surface area contributed by atoms with E-state index in [9.17, 15) is 14.7 Å². The van der Waals surface area contributed by atoms with Crippen LogP contribution in [0.1, 0.15) is 23.2 Å². The number of benzene rings is 2. The van der Waals surface area contributed by atoms with Crippen molar-refractivity contribution in [3.8, 4) is 17.1 Å². The molecule has 1 fully saturated rings. The Balaban J connectivity index is 1.32. The fraction of sp³-hybridized carbons (Fsp3) is 0.286. The van der Waals surface area contributed by atoms with Crippen LogP contribution in [0.4, 0.5) is 0 Å². The fourth-order valence-electron chi connectivity index (χ4n) is 3.50. The standard InChI is InChI=1S/C21H20ClN5O3/c22-17-5-1-16(2-6-17)21-23-25-27(24-21)13-19(29)26-11-9-15(10-12-26)20(30)14-3-7-18(28)8-4-14/h1-8,15,28H,9-13H2. The molecule has 1 saturated heterocycles. The summed E-state index contributed by atoms with van der Waals surface area (Å²) >= 11 is 5.89. The summed E-state index contributed by atoms with van der Waals surface area (Å²) in [5.74, 6) is 0.378. The summed E-state index contributed by atoms with van der Waals surface area (Å²) in [7, 11) is 0. The molecule has 0 saturated carbocycles.